The second-order valence-electron chi connectivity index (χ2n) is 4.02. The quantitative estimate of drug-likeness (QED) is 0.492. The molecule has 92 valence electrons. The topological polar surface area (TPSA) is 81.2 Å². The molecule has 0 saturated heterocycles. The number of anilines is 3. The van der Waals surface area contributed by atoms with Crippen molar-refractivity contribution in [3.05, 3.63) is 58.1 Å². The number of nitro groups is 1. The molecule has 0 aliphatic carbocycles. The summed E-state index contributed by atoms with van der Waals surface area (Å²) in [5.41, 5.74) is 8.49. The van der Waals surface area contributed by atoms with Crippen LogP contribution in [0.4, 0.5) is 22.7 Å². The predicted octanol–water partition coefficient (Wildman–Crippen LogP) is 3.23. The van der Waals surface area contributed by atoms with E-state index in [1.807, 2.05) is 31.2 Å². The van der Waals surface area contributed by atoms with Gasteiger partial charge in [0.1, 0.15) is 5.69 Å². The van der Waals surface area contributed by atoms with Gasteiger partial charge in [0.25, 0.3) is 5.69 Å². The maximum Gasteiger partial charge on any atom is 0.292 e. The van der Waals surface area contributed by atoms with E-state index in [2.05, 4.69) is 5.32 Å². The molecule has 2 aromatic rings. The number of hydrogen-bond donors (Lipinski definition) is 2. The molecule has 3 N–H and O–H groups in total. The molecule has 18 heavy (non-hydrogen) atoms. The minimum Gasteiger partial charge on any atom is -0.393 e. The Hall–Kier alpha value is -2.56. The Labute approximate surface area is 104 Å². The first-order chi connectivity index (χ1) is 8.56. The molecular formula is C13H13N3O2. The Kier molecular flexibility index (Phi) is 3.14. The molecule has 0 unspecified atom stereocenters. The molecule has 0 radical (unpaired) electrons. The standard InChI is InChI=1S/C13H13N3O2/c1-9-2-4-10(5-3-9)15-11-6-7-13(16(17)18)12(14)8-11/h2-8,15H,14H2,1H3. The third kappa shape index (κ3) is 2.57. The van der Waals surface area contributed by atoms with Gasteiger partial charge in [0.15, 0.2) is 0 Å². The molecule has 0 saturated carbocycles. The molecule has 0 spiro atoms. The molecule has 0 amide bonds. The van der Waals surface area contributed by atoms with E-state index >= 15 is 0 Å². The van der Waals surface area contributed by atoms with Crippen LogP contribution in [0, 0.1) is 17.0 Å². The molecule has 5 heteroatoms. The Morgan fingerprint density at radius 3 is 2.28 bits per heavy atom. The minimum atomic E-state index is -0.495. The number of nitro benzene ring substituents is 1. The van der Waals surface area contributed by atoms with Crippen molar-refractivity contribution in [3.8, 4) is 0 Å². The summed E-state index contributed by atoms with van der Waals surface area (Å²) in [5.74, 6) is 0. The first kappa shape index (κ1) is 11.9. The van der Waals surface area contributed by atoms with Crippen LogP contribution in [0.1, 0.15) is 5.56 Å². The second-order valence-corrected chi connectivity index (χ2v) is 4.02. The second kappa shape index (κ2) is 4.75. The fourth-order valence-corrected chi connectivity index (χ4v) is 1.60. The van der Waals surface area contributed by atoms with E-state index in [0.717, 1.165) is 11.4 Å². The van der Waals surface area contributed by atoms with E-state index in [-0.39, 0.29) is 11.4 Å². The van der Waals surface area contributed by atoms with Crippen LogP contribution >= 0.6 is 0 Å². The summed E-state index contributed by atoms with van der Waals surface area (Å²) in [6.45, 7) is 2.01. The normalized spacial score (nSPS) is 10.1. The molecular weight excluding hydrogens is 230 g/mol. The number of nitrogens with one attached hydrogen (secondary N) is 1. The molecule has 5 nitrogen and oxygen atoms in total. The lowest BCUT2D eigenvalue weighted by Crippen LogP contribution is -1.97. The van der Waals surface area contributed by atoms with Crippen molar-refractivity contribution >= 4 is 22.7 Å². The zero-order chi connectivity index (χ0) is 13.1. The fraction of sp³-hybridized carbons (Fsp3) is 0.0769. The maximum absolute atomic E-state index is 10.6. The molecule has 0 heterocycles. The van der Waals surface area contributed by atoms with Crippen LogP contribution in [0.5, 0.6) is 0 Å². The number of rotatable bonds is 3. The van der Waals surface area contributed by atoms with Crippen molar-refractivity contribution in [3.63, 3.8) is 0 Å². The lowest BCUT2D eigenvalue weighted by molar-refractivity contribution is -0.383. The summed E-state index contributed by atoms with van der Waals surface area (Å²) >= 11 is 0. The molecule has 0 aliphatic heterocycles. The summed E-state index contributed by atoms with van der Waals surface area (Å²) in [4.78, 5) is 10.1. The highest BCUT2D eigenvalue weighted by molar-refractivity contribution is 5.69. The van der Waals surface area contributed by atoms with Crippen LogP contribution < -0.4 is 11.1 Å². The Morgan fingerprint density at radius 1 is 1.11 bits per heavy atom. The molecule has 0 atom stereocenters. The van der Waals surface area contributed by atoms with Crippen LogP contribution in [0.3, 0.4) is 0 Å². The zero-order valence-corrected chi connectivity index (χ0v) is 9.88. The highest BCUT2D eigenvalue weighted by atomic mass is 16.6. The first-order valence-corrected chi connectivity index (χ1v) is 5.44. The van der Waals surface area contributed by atoms with Crippen LogP contribution in [0.2, 0.25) is 0 Å². The van der Waals surface area contributed by atoms with Crippen molar-refractivity contribution < 1.29 is 4.92 Å². The van der Waals surface area contributed by atoms with E-state index in [4.69, 9.17) is 5.73 Å². The van der Waals surface area contributed by atoms with E-state index < -0.39 is 4.92 Å². The van der Waals surface area contributed by atoms with E-state index in [1.54, 1.807) is 12.1 Å². The summed E-state index contributed by atoms with van der Waals surface area (Å²) in [6, 6.07) is 12.4. The zero-order valence-electron chi connectivity index (χ0n) is 9.88. The summed E-state index contributed by atoms with van der Waals surface area (Å²) in [6.07, 6.45) is 0. The Bertz CT molecular complexity index is 579. The van der Waals surface area contributed by atoms with Gasteiger partial charge in [-0.05, 0) is 31.2 Å². The average molecular weight is 243 g/mol. The minimum absolute atomic E-state index is 0.0792. The number of nitrogens with two attached hydrogens (primary N) is 1. The fourth-order valence-electron chi connectivity index (χ4n) is 1.60. The van der Waals surface area contributed by atoms with E-state index in [0.29, 0.717) is 0 Å². The van der Waals surface area contributed by atoms with Gasteiger partial charge in [-0.25, -0.2) is 0 Å². The summed E-state index contributed by atoms with van der Waals surface area (Å²) < 4.78 is 0. The molecule has 2 aromatic carbocycles. The number of nitrogens with zero attached hydrogens (tertiary/aromatic N) is 1. The van der Waals surface area contributed by atoms with Gasteiger partial charge in [-0.2, -0.15) is 0 Å². The number of aryl methyl sites for hydroxylation is 1. The predicted molar refractivity (Wildman–Crippen MR) is 72.0 cm³/mol. The number of nitrogen functional groups attached to an aromatic ring is 1. The first-order valence-electron chi connectivity index (χ1n) is 5.44. The van der Waals surface area contributed by atoms with Gasteiger partial charge in [0, 0.05) is 17.4 Å². The van der Waals surface area contributed by atoms with Crippen molar-refractivity contribution in [1.82, 2.24) is 0 Å². The van der Waals surface area contributed by atoms with Crippen molar-refractivity contribution in [2.75, 3.05) is 11.1 Å². The monoisotopic (exact) mass is 243 g/mol. The third-order valence-electron chi connectivity index (χ3n) is 2.56. The summed E-state index contributed by atoms with van der Waals surface area (Å²) in [7, 11) is 0. The molecule has 2 rings (SSSR count). The van der Waals surface area contributed by atoms with Gasteiger partial charge in [-0.1, -0.05) is 17.7 Å². The van der Waals surface area contributed by atoms with Crippen LogP contribution in [-0.2, 0) is 0 Å². The van der Waals surface area contributed by atoms with Gasteiger partial charge in [-0.3, -0.25) is 10.1 Å². The lowest BCUT2D eigenvalue weighted by atomic mass is 10.2. The largest absolute Gasteiger partial charge is 0.393 e. The van der Waals surface area contributed by atoms with Crippen LogP contribution in [0.15, 0.2) is 42.5 Å². The van der Waals surface area contributed by atoms with Crippen LogP contribution in [0.25, 0.3) is 0 Å². The van der Waals surface area contributed by atoms with Crippen molar-refractivity contribution in [1.29, 1.82) is 0 Å². The average Bonchev–Trinajstić information content (AvgIpc) is 2.32. The van der Waals surface area contributed by atoms with Gasteiger partial charge in [0.05, 0.1) is 4.92 Å². The van der Waals surface area contributed by atoms with Crippen LogP contribution in [-0.4, -0.2) is 4.92 Å². The van der Waals surface area contributed by atoms with Gasteiger partial charge in [-0.15, -0.1) is 0 Å². The molecule has 0 bridgehead atoms. The van der Waals surface area contributed by atoms with Gasteiger partial charge in [0.2, 0.25) is 0 Å². The number of hydrogen-bond acceptors (Lipinski definition) is 4. The van der Waals surface area contributed by atoms with Gasteiger partial charge >= 0.3 is 0 Å². The van der Waals surface area contributed by atoms with Crippen molar-refractivity contribution in [2.24, 2.45) is 0 Å². The maximum atomic E-state index is 10.6. The SMILES string of the molecule is Cc1ccc(Nc2ccc([N+](=O)[O-])c(N)c2)cc1. The highest BCUT2D eigenvalue weighted by Crippen LogP contribution is 2.26. The Balaban J connectivity index is 2.22. The highest BCUT2D eigenvalue weighted by Gasteiger charge is 2.10. The lowest BCUT2D eigenvalue weighted by Gasteiger charge is -2.07. The van der Waals surface area contributed by atoms with Gasteiger partial charge < -0.3 is 11.1 Å². The molecule has 0 aliphatic rings. The summed E-state index contributed by atoms with van der Waals surface area (Å²) in [5, 5.41) is 13.8. The van der Waals surface area contributed by atoms with Crippen molar-refractivity contribution in [2.45, 2.75) is 6.92 Å². The third-order valence-corrected chi connectivity index (χ3v) is 2.56. The molecule has 0 fully saturated rings. The van der Waals surface area contributed by atoms with E-state index in [1.165, 1.54) is 11.6 Å². The smallest absolute Gasteiger partial charge is 0.292 e. The number of benzene rings is 2. The molecule has 0 aromatic heterocycles. The Morgan fingerprint density at radius 2 is 1.72 bits per heavy atom. The van der Waals surface area contributed by atoms with E-state index in [9.17, 15) is 10.1 Å².